The zero-order valence-electron chi connectivity index (χ0n) is 13.2. The van der Waals surface area contributed by atoms with Crippen molar-refractivity contribution in [1.29, 1.82) is 0 Å². The van der Waals surface area contributed by atoms with Gasteiger partial charge in [-0.3, -0.25) is 0 Å². The molecule has 0 saturated heterocycles. The second-order valence-corrected chi connectivity index (χ2v) is 6.41. The molecule has 116 valence electrons. The van der Waals surface area contributed by atoms with Crippen molar-refractivity contribution in [2.45, 2.75) is 12.1 Å². The smallest absolute Gasteiger partial charge is 0.155 e. The van der Waals surface area contributed by atoms with Crippen LogP contribution in [-0.4, -0.2) is 9.67 Å². The molecule has 1 atom stereocenters. The van der Waals surface area contributed by atoms with Gasteiger partial charge in [0.15, 0.2) is 5.60 Å². The van der Waals surface area contributed by atoms with Gasteiger partial charge >= 0.3 is 0 Å². The van der Waals surface area contributed by atoms with Crippen molar-refractivity contribution in [3.05, 3.63) is 107 Å². The van der Waals surface area contributed by atoms with Crippen LogP contribution in [0.4, 0.5) is 0 Å². The Morgan fingerprint density at radius 1 is 0.792 bits per heavy atom. The summed E-state index contributed by atoms with van der Waals surface area (Å²) in [4.78, 5) is 0. The Morgan fingerprint density at radius 2 is 1.50 bits per heavy atom. The molecular formula is C22H17NO. The maximum Gasteiger partial charge on any atom is 0.155 e. The molecule has 1 N–H and O–H groups in total. The van der Waals surface area contributed by atoms with Crippen molar-refractivity contribution in [2.24, 2.45) is 0 Å². The number of para-hydroxylation sites is 1. The lowest BCUT2D eigenvalue weighted by molar-refractivity contribution is 0.111. The summed E-state index contributed by atoms with van der Waals surface area (Å²) in [6.45, 7) is 0.786. The van der Waals surface area contributed by atoms with Gasteiger partial charge in [-0.15, -0.1) is 0 Å². The highest BCUT2D eigenvalue weighted by molar-refractivity contribution is 5.83. The van der Waals surface area contributed by atoms with Gasteiger partial charge < -0.3 is 9.67 Å². The Bertz CT molecular complexity index is 1050. The Kier molecular flexibility index (Phi) is 2.73. The number of aromatic nitrogens is 1. The van der Waals surface area contributed by atoms with E-state index in [1.807, 2.05) is 54.6 Å². The largest absolute Gasteiger partial charge is 0.375 e. The van der Waals surface area contributed by atoms with Crippen molar-refractivity contribution in [3.8, 4) is 0 Å². The lowest BCUT2D eigenvalue weighted by Crippen LogP contribution is -2.36. The molecule has 2 nitrogen and oxygen atoms in total. The second kappa shape index (κ2) is 4.83. The second-order valence-electron chi connectivity index (χ2n) is 6.41. The summed E-state index contributed by atoms with van der Waals surface area (Å²) in [6.07, 6.45) is 0. The molecule has 2 heterocycles. The van der Waals surface area contributed by atoms with Crippen molar-refractivity contribution >= 4 is 10.9 Å². The van der Waals surface area contributed by atoms with Crippen LogP contribution in [0.1, 0.15) is 22.4 Å². The molecule has 0 radical (unpaired) electrons. The van der Waals surface area contributed by atoms with Gasteiger partial charge in [-0.25, -0.2) is 0 Å². The first-order chi connectivity index (χ1) is 11.8. The van der Waals surface area contributed by atoms with Gasteiger partial charge in [-0.1, -0.05) is 72.8 Å². The third kappa shape index (κ3) is 1.69. The maximum absolute atomic E-state index is 11.9. The van der Waals surface area contributed by atoms with Gasteiger partial charge in [-0.2, -0.15) is 0 Å². The summed E-state index contributed by atoms with van der Waals surface area (Å²) < 4.78 is 2.24. The van der Waals surface area contributed by atoms with Gasteiger partial charge in [0, 0.05) is 17.4 Å². The first-order valence-corrected chi connectivity index (χ1v) is 8.23. The fraction of sp³-hybridized carbons (Fsp3) is 0.0909. The first-order valence-electron chi connectivity index (χ1n) is 8.23. The van der Waals surface area contributed by atoms with Crippen LogP contribution >= 0.6 is 0 Å². The summed E-state index contributed by atoms with van der Waals surface area (Å²) >= 11 is 0. The van der Waals surface area contributed by atoms with Crippen molar-refractivity contribution in [1.82, 2.24) is 4.57 Å². The number of aliphatic hydroxyl groups is 1. The maximum atomic E-state index is 11.9. The first kappa shape index (κ1) is 13.6. The molecule has 1 aliphatic rings. The highest BCUT2D eigenvalue weighted by Crippen LogP contribution is 2.44. The minimum Gasteiger partial charge on any atom is -0.375 e. The van der Waals surface area contributed by atoms with E-state index < -0.39 is 5.60 Å². The van der Waals surface area contributed by atoms with Gasteiger partial charge in [0.1, 0.15) is 0 Å². The molecule has 1 aromatic heterocycles. The number of hydrogen-bond acceptors (Lipinski definition) is 1. The number of nitrogens with zero attached hydrogens (tertiary/aromatic N) is 1. The fourth-order valence-electron chi connectivity index (χ4n) is 3.98. The average Bonchev–Trinajstić information content (AvgIpc) is 3.02. The average molecular weight is 311 g/mol. The van der Waals surface area contributed by atoms with Gasteiger partial charge in [-0.05, 0) is 28.8 Å². The molecule has 0 spiro atoms. The molecule has 2 heteroatoms. The molecule has 1 unspecified atom stereocenters. The molecular weight excluding hydrogens is 294 g/mol. The molecule has 0 saturated carbocycles. The molecule has 1 aliphatic heterocycles. The van der Waals surface area contributed by atoms with E-state index in [1.165, 1.54) is 0 Å². The van der Waals surface area contributed by atoms with Crippen LogP contribution in [0.2, 0.25) is 0 Å². The zero-order chi connectivity index (χ0) is 16.1. The Labute approximate surface area is 140 Å². The molecule has 0 fully saturated rings. The van der Waals surface area contributed by atoms with E-state index in [-0.39, 0.29) is 0 Å². The molecule has 5 rings (SSSR count). The quantitative estimate of drug-likeness (QED) is 0.557. The van der Waals surface area contributed by atoms with Crippen molar-refractivity contribution in [3.63, 3.8) is 0 Å². The summed E-state index contributed by atoms with van der Waals surface area (Å²) in [5, 5.41) is 13.1. The fourth-order valence-corrected chi connectivity index (χ4v) is 3.98. The van der Waals surface area contributed by atoms with Crippen LogP contribution < -0.4 is 0 Å². The highest BCUT2D eigenvalue weighted by Gasteiger charge is 2.41. The van der Waals surface area contributed by atoms with Crippen molar-refractivity contribution in [2.75, 3.05) is 0 Å². The van der Waals surface area contributed by atoms with Crippen LogP contribution in [0.25, 0.3) is 10.9 Å². The molecule has 0 aliphatic carbocycles. The molecule has 24 heavy (non-hydrogen) atoms. The number of hydrogen-bond donors (Lipinski definition) is 1. The Hall–Kier alpha value is -2.84. The molecule has 4 aromatic rings. The minimum atomic E-state index is -1.13. The van der Waals surface area contributed by atoms with E-state index in [0.717, 1.165) is 39.8 Å². The van der Waals surface area contributed by atoms with E-state index >= 15 is 0 Å². The molecule has 0 bridgehead atoms. The van der Waals surface area contributed by atoms with E-state index in [1.54, 1.807) is 0 Å². The highest BCUT2D eigenvalue weighted by atomic mass is 16.3. The van der Waals surface area contributed by atoms with Crippen LogP contribution in [0.15, 0.2) is 84.9 Å². The van der Waals surface area contributed by atoms with Gasteiger partial charge in [0.05, 0.1) is 5.69 Å². The minimum absolute atomic E-state index is 0.786. The third-order valence-corrected chi connectivity index (χ3v) is 5.11. The number of rotatable bonds is 1. The standard InChI is InChI=1S/C22H17NO/c24-22(18-10-2-1-3-11-18)19-12-6-4-9-17(19)15-23-20-13-7-5-8-16(20)14-21(22)23/h1-14,24H,15H2. The van der Waals surface area contributed by atoms with Gasteiger partial charge in [0.25, 0.3) is 0 Å². The number of fused-ring (bicyclic) bond motifs is 4. The van der Waals surface area contributed by atoms with Crippen LogP contribution in [0.5, 0.6) is 0 Å². The van der Waals surface area contributed by atoms with E-state index in [0.29, 0.717) is 0 Å². The summed E-state index contributed by atoms with van der Waals surface area (Å²) in [5.41, 5.74) is 4.02. The predicted molar refractivity (Wildman–Crippen MR) is 96.0 cm³/mol. The van der Waals surface area contributed by atoms with Crippen LogP contribution in [0.3, 0.4) is 0 Å². The van der Waals surface area contributed by atoms with E-state index in [4.69, 9.17) is 0 Å². The lowest BCUT2D eigenvalue weighted by atomic mass is 9.79. The summed E-state index contributed by atoms with van der Waals surface area (Å²) in [7, 11) is 0. The molecule has 0 amide bonds. The van der Waals surface area contributed by atoms with Crippen molar-refractivity contribution < 1.29 is 5.11 Å². The van der Waals surface area contributed by atoms with Crippen LogP contribution in [0, 0.1) is 0 Å². The normalized spacial score (nSPS) is 19.0. The van der Waals surface area contributed by atoms with Crippen LogP contribution in [-0.2, 0) is 12.1 Å². The molecule has 3 aromatic carbocycles. The topological polar surface area (TPSA) is 25.2 Å². The lowest BCUT2D eigenvalue weighted by Gasteiger charge is -2.36. The summed E-state index contributed by atoms with van der Waals surface area (Å²) in [6, 6.07) is 28.6. The number of benzene rings is 3. The zero-order valence-corrected chi connectivity index (χ0v) is 13.2. The summed E-state index contributed by atoms with van der Waals surface area (Å²) in [5.74, 6) is 0. The van der Waals surface area contributed by atoms with Gasteiger partial charge in [0.2, 0.25) is 0 Å². The Balaban J connectivity index is 1.90. The predicted octanol–water partition coefficient (Wildman–Crippen LogP) is 4.29. The van der Waals surface area contributed by atoms with E-state index in [2.05, 4.69) is 34.9 Å². The Morgan fingerprint density at radius 3 is 2.38 bits per heavy atom. The third-order valence-electron chi connectivity index (χ3n) is 5.11. The monoisotopic (exact) mass is 311 g/mol. The SMILES string of the molecule is OC1(c2ccccc2)c2ccccc2Cn2c1cc1ccccc12. The van der Waals surface area contributed by atoms with E-state index in [9.17, 15) is 5.11 Å².